The van der Waals surface area contributed by atoms with Crippen molar-refractivity contribution in [1.82, 2.24) is 14.7 Å². The van der Waals surface area contributed by atoms with Crippen LogP contribution in [0.3, 0.4) is 0 Å². The molecule has 1 heterocycles. The average Bonchev–Trinajstić information content (AvgIpc) is 2.58. The summed E-state index contributed by atoms with van der Waals surface area (Å²) in [5.74, 6) is -0.808. The van der Waals surface area contributed by atoms with E-state index in [1.54, 1.807) is 4.90 Å². The Kier molecular flexibility index (Phi) is 6.78. The number of hydrogen-bond acceptors (Lipinski definition) is 3. The van der Waals surface area contributed by atoms with Gasteiger partial charge in [0.15, 0.2) is 0 Å². The number of amides is 2. The number of urea groups is 1. The van der Waals surface area contributed by atoms with Gasteiger partial charge in [0.05, 0.1) is 0 Å². The third-order valence-electron chi connectivity index (χ3n) is 3.65. The Bertz CT molecular complexity index is 334. The first-order valence-corrected chi connectivity index (χ1v) is 7.37. The third-order valence-corrected chi connectivity index (χ3v) is 3.65. The predicted molar refractivity (Wildman–Crippen MR) is 77.8 cm³/mol. The summed E-state index contributed by atoms with van der Waals surface area (Å²) in [4.78, 5) is 29.1. The van der Waals surface area contributed by atoms with Gasteiger partial charge in [0.1, 0.15) is 0 Å². The average molecular weight is 285 g/mol. The van der Waals surface area contributed by atoms with Crippen LogP contribution in [0.1, 0.15) is 33.1 Å². The van der Waals surface area contributed by atoms with Gasteiger partial charge in [0, 0.05) is 38.6 Å². The van der Waals surface area contributed by atoms with E-state index < -0.39 is 5.97 Å². The molecule has 1 fully saturated rings. The lowest BCUT2D eigenvalue weighted by molar-refractivity contribution is -0.137. The number of carboxylic acids is 1. The first-order valence-electron chi connectivity index (χ1n) is 7.37. The molecule has 1 rings (SSSR count). The van der Waals surface area contributed by atoms with Crippen molar-refractivity contribution in [3.63, 3.8) is 0 Å². The maximum absolute atomic E-state index is 12.6. The van der Waals surface area contributed by atoms with Gasteiger partial charge in [-0.2, -0.15) is 0 Å². The molecule has 0 aliphatic carbocycles. The second kappa shape index (κ2) is 8.09. The predicted octanol–water partition coefficient (Wildman–Crippen LogP) is 1.32. The molecule has 2 amide bonds. The van der Waals surface area contributed by atoms with E-state index in [1.807, 2.05) is 18.7 Å². The molecule has 0 saturated carbocycles. The fraction of sp³-hybridized carbons (Fsp3) is 0.857. The number of rotatable bonds is 5. The molecular formula is C14H27N3O3. The molecule has 0 aromatic heterocycles. The molecule has 0 aromatic rings. The zero-order valence-corrected chi connectivity index (χ0v) is 12.8. The first-order chi connectivity index (χ1) is 9.41. The molecule has 20 heavy (non-hydrogen) atoms. The summed E-state index contributed by atoms with van der Waals surface area (Å²) in [5.41, 5.74) is 0. The monoisotopic (exact) mass is 285 g/mol. The number of carboxylic acid groups (broad SMARTS) is 1. The van der Waals surface area contributed by atoms with Gasteiger partial charge in [0.25, 0.3) is 0 Å². The summed E-state index contributed by atoms with van der Waals surface area (Å²) in [7, 11) is 2.07. The minimum absolute atomic E-state index is 0.0423. The molecule has 1 N–H and O–H groups in total. The van der Waals surface area contributed by atoms with Gasteiger partial charge >= 0.3 is 12.0 Å². The van der Waals surface area contributed by atoms with Crippen molar-refractivity contribution in [3.8, 4) is 0 Å². The molecule has 1 aliphatic heterocycles. The van der Waals surface area contributed by atoms with Crippen molar-refractivity contribution in [3.05, 3.63) is 0 Å². The zero-order chi connectivity index (χ0) is 15.1. The second-order valence-electron chi connectivity index (χ2n) is 5.71. The Labute approximate surface area is 121 Å². The lowest BCUT2D eigenvalue weighted by Crippen LogP contribution is -2.48. The number of carbonyl (C=O) groups is 2. The van der Waals surface area contributed by atoms with E-state index in [-0.39, 0.29) is 18.5 Å². The molecule has 0 unspecified atom stereocenters. The quantitative estimate of drug-likeness (QED) is 0.827. The summed E-state index contributed by atoms with van der Waals surface area (Å²) in [5, 5.41) is 8.70. The first kappa shape index (κ1) is 16.8. The summed E-state index contributed by atoms with van der Waals surface area (Å²) in [6.45, 7) is 7.90. The van der Waals surface area contributed by atoms with E-state index in [1.165, 1.54) is 0 Å². The lowest BCUT2D eigenvalue weighted by atomic mass is 10.2. The van der Waals surface area contributed by atoms with Gasteiger partial charge < -0.3 is 19.8 Å². The Morgan fingerprint density at radius 1 is 1.20 bits per heavy atom. The van der Waals surface area contributed by atoms with E-state index in [0.29, 0.717) is 13.0 Å². The van der Waals surface area contributed by atoms with Gasteiger partial charge in [-0.25, -0.2) is 4.79 Å². The normalized spacial score (nSPS) is 17.1. The largest absolute Gasteiger partial charge is 0.481 e. The van der Waals surface area contributed by atoms with Crippen LogP contribution in [0, 0.1) is 0 Å². The van der Waals surface area contributed by atoms with Gasteiger partial charge in [-0.15, -0.1) is 0 Å². The van der Waals surface area contributed by atoms with Crippen LogP contribution in [0.4, 0.5) is 4.79 Å². The summed E-state index contributed by atoms with van der Waals surface area (Å²) in [6, 6.07) is 0.137. The molecule has 6 heteroatoms. The molecule has 6 nitrogen and oxygen atoms in total. The molecule has 116 valence electrons. The van der Waals surface area contributed by atoms with Crippen LogP contribution in [-0.4, -0.2) is 77.6 Å². The lowest BCUT2D eigenvalue weighted by Gasteiger charge is -2.32. The molecule has 0 aromatic carbocycles. The van der Waals surface area contributed by atoms with E-state index in [2.05, 4.69) is 11.9 Å². The number of nitrogens with zero attached hydrogens (tertiary/aromatic N) is 3. The smallest absolute Gasteiger partial charge is 0.320 e. The maximum atomic E-state index is 12.6. The molecule has 0 atom stereocenters. The van der Waals surface area contributed by atoms with Gasteiger partial charge in [-0.05, 0) is 40.3 Å². The molecule has 0 radical (unpaired) electrons. The van der Waals surface area contributed by atoms with E-state index >= 15 is 0 Å². The van der Waals surface area contributed by atoms with Crippen LogP contribution < -0.4 is 0 Å². The highest BCUT2D eigenvalue weighted by Gasteiger charge is 2.24. The standard InChI is InChI=1S/C14H27N3O3/c1-12(2)17(9-4-6-13(18)19)14(20)16-8-5-7-15(3)10-11-16/h12H,4-11H2,1-3H3,(H,18,19). The Balaban J connectivity index is 2.56. The van der Waals surface area contributed by atoms with E-state index in [9.17, 15) is 9.59 Å². The molecule has 0 spiro atoms. The minimum Gasteiger partial charge on any atom is -0.481 e. The molecule has 1 saturated heterocycles. The van der Waals surface area contributed by atoms with Crippen molar-refractivity contribution < 1.29 is 14.7 Å². The third kappa shape index (κ3) is 5.36. The fourth-order valence-electron chi connectivity index (χ4n) is 2.39. The van der Waals surface area contributed by atoms with Crippen molar-refractivity contribution in [2.24, 2.45) is 0 Å². The van der Waals surface area contributed by atoms with Crippen LogP contribution in [0.15, 0.2) is 0 Å². The van der Waals surface area contributed by atoms with E-state index in [4.69, 9.17) is 5.11 Å². The molecule has 1 aliphatic rings. The Hall–Kier alpha value is -1.30. The van der Waals surface area contributed by atoms with Crippen molar-refractivity contribution >= 4 is 12.0 Å². The summed E-state index contributed by atoms with van der Waals surface area (Å²) < 4.78 is 0. The topological polar surface area (TPSA) is 64.1 Å². The summed E-state index contributed by atoms with van der Waals surface area (Å²) >= 11 is 0. The van der Waals surface area contributed by atoms with Gasteiger partial charge in [0.2, 0.25) is 0 Å². The number of aliphatic carboxylic acids is 1. The number of carbonyl (C=O) groups excluding carboxylic acids is 1. The van der Waals surface area contributed by atoms with Crippen LogP contribution >= 0.6 is 0 Å². The van der Waals surface area contributed by atoms with E-state index in [0.717, 1.165) is 32.6 Å². The Morgan fingerprint density at radius 3 is 2.50 bits per heavy atom. The van der Waals surface area contributed by atoms with Crippen LogP contribution in [0.2, 0.25) is 0 Å². The molecular weight excluding hydrogens is 258 g/mol. The highest BCUT2D eigenvalue weighted by atomic mass is 16.4. The SMILES string of the molecule is CC(C)N(CCCC(=O)O)C(=O)N1CCCN(C)CC1. The zero-order valence-electron chi connectivity index (χ0n) is 12.8. The minimum atomic E-state index is -0.808. The highest BCUT2D eigenvalue weighted by Crippen LogP contribution is 2.10. The van der Waals surface area contributed by atoms with Crippen LogP contribution in [0.5, 0.6) is 0 Å². The second-order valence-corrected chi connectivity index (χ2v) is 5.71. The van der Waals surface area contributed by atoms with Crippen molar-refractivity contribution in [2.45, 2.75) is 39.2 Å². The number of likely N-dealkylation sites (N-methyl/N-ethyl adjacent to an activating group) is 1. The molecule has 0 bridgehead atoms. The number of hydrogen-bond donors (Lipinski definition) is 1. The van der Waals surface area contributed by atoms with Crippen molar-refractivity contribution in [1.29, 1.82) is 0 Å². The van der Waals surface area contributed by atoms with Crippen LogP contribution in [-0.2, 0) is 4.79 Å². The van der Waals surface area contributed by atoms with Crippen molar-refractivity contribution in [2.75, 3.05) is 39.8 Å². The Morgan fingerprint density at radius 2 is 1.90 bits per heavy atom. The fourth-order valence-corrected chi connectivity index (χ4v) is 2.39. The van der Waals surface area contributed by atoms with Crippen LogP contribution in [0.25, 0.3) is 0 Å². The van der Waals surface area contributed by atoms with Gasteiger partial charge in [-0.1, -0.05) is 0 Å². The van der Waals surface area contributed by atoms with Gasteiger partial charge in [-0.3, -0.25) is 4.79 Å². The highest BCUT2D eigenvalue weighted by molar-refractivity contribution is 5.75. The maximum Gasteiger partial charge on any atom is 0.320 e. The summed E-state index contributed by atoms with van der Waals surface area (Å²) in [6.07, 6.45) is 1.61.